The Hall–Kier alpha value is -1.72. The second-order valence-corrected chi connectivity index (χ2v) is 7.54. The number of para-hydroxylation sites is 1. The number of carbonyl (C=O) groups is 1. The summed E-state index contributed by atoms with van der Waals surface area (Å²) in [5, 5.41) is 9.86. The van der Waals surface area contributed by atoms with Crippen molar-refractivity contribution in [3.05, 3.63) is 30.3 Å². The number of amides is 1. The van der Waals surface area contributed by atoms with E-state index in [-0.39, 0.29) is 12.3 Å². The number of ether oxygens (including phenoxy) is 4. The smallest absolute Gasteiger partial charge is 0.393 e. The predicted octanol–water partition coefficient (Wildman–Crippen LogP) is 1.59. The van der Waals surface area contributed by atoms with Gasteiger partial charge < -0.3 is 24.1 Å². The van der Waals surface area contributed by atoms with Crippen LogP contribution in [0.3, 0.4) is 0 Å². The fraction of sp³-hybridized carbons (Fsp3) is 0.611. The van der Waals surface area contributed by atoms with Crippen LogP contribution >= 0.6 is 0 Å². The van der Waals surface area contributed by atoms with Crippen molar-refractivity contribution in [2.24, 2.45) is 0 Å². The molecule has 2 bridgehead atoms. The molecule has 28 heavy (non-hydrogen) atoms. The summed E-state index contributed by atoms with van der Waals surface area (Å²) in [5.74, 6) is -3.20. The largest absolute Gasteiger partial charge is 0.471 e. The van der Waals surface area contributed by atoms with Crippen LogP contribution in [0, 0.1) is 0 Å². The molecule has 0 saturated carbocycles. The fourth-order valence-electron chi connectivity index (χ4n) is 4.03. The molecule has 3 aliphatic rings. The van der Waals surface area contributed by atoms with Gasteiger partial charge in [-0.15, -0.1) is 0 Å². The van der Waals surface area contributed by atoms with Gasteiger partial charge in [0.25, 0.3) is 0 Å². The van der Waals surface area contributed by atoms with Crippen LogP contribution in [0.4, 0.5) is 18.9 Å². The number of alkyl halides is 3. The molecule has 0 aliphatic carbocycles. The maximum atomic E-state index is 13.4. The lowest BCUT2D eigenvalue weighted by molar-refractivity contribution is -0.207. The van der Waals surface area contributed by atoms with Crippen LogP contribution in [0.1, 0.15) is 13.8 Å². The van der Waals surface area contributed by atoms with Gasteiger partial charge in [-0.2, -0.15) is 13.2 Å². The second kappa shape index (κ2) is 6.39. The number of hydrogen-bond acceptors (Lipinski definition) is 6. The molecule has 3 heterocycles. The van der Waals surface area contributed by atoms with E-state index in [9.17, 15) is 23.1 Å². The van der Waals surface area contributed by atoms with Crippen molar-refractivity contribution in [3.63, 3.8) is 0 Å². The number of aliphatic hydroxyl groups is 1. The van der Waals surface area contributed by atoms with E-state index < -0.39 is 54.6 Å². The topological polar surface area (TPSA) is 77.5 Å². The van der Waals surface area contributed by atoms with Crippen LogP contribution in [0.15, 0.2) is 30.3 Å². The summed E-state index contributed by atoms with van der Waals surface area (Å²) in [6.07, 6.45) is -8.24. The standard InChI is InChI=1S/C18H20F3NO6/c1-16(2)26-12-11(14-25-9-17(8-23,28-14)13(12)27-16)22(15(24)18(19,20)21)10-6-4-3-5-7-10/h3-7,11-14,23H,8-9H2,1-2H3/t11-,12-,13-,14+,17+/m1/s1. The number of carbonyl (C=O) groups excluding carboxylic acids is 1. The molecule has 4 rings (SSSR count). The maximum Gasteiger partial charge on any atom is 0.471 e. The van der Waals surface area contributed by atoms with Gasteiger partial charge in [-0.05, 0) is 26.0 Å². The Kier molecular flexibility index (Phi) is 4.47. The summed E-state index contributed by atoms with van der Waals surface area (Å²) >= 11 is 0. The first kappa shape index (κ1) is 19.6. The molecule has 3 saturated heterocycles. The predicted molar refractivity (Wildman–Crippen MR) is 88.2 cm³/mol. The molecule has 5 atom stereocenters. The summed E-state index contributed by atoms with van der Waals surface area (Å²) in [7, 11) is 0. The van der Waals surface area contributed by atoms with Gasteiger partial charge in [-0.3, -0.25) is 9.69 Å². The van der Waals surface area contributed by atoms with Crippen molar-refractivity contribution in [1.29, 1.82) is 0 Å². The van der Waals surface area contributed by atoms with Gasteiger partial charge in [0.2, 0.25) is 0 Å². The Morgan fingerprint density at radius 3 is 2.50 bits per heavy atom. The molecule has 3 fully saturated rings. The van der Waals surface area contributed by atoms with Crippen molar-refractivity contribution in [1.82, 2.24) is 0 Å². The lowest BCUT2D eigenvalue weighted by Crippen LogP contribution is -2.67. The monoisotopic (exact) mass is 403 g/mol. The zero-order valence-electron chi connectivity index (χ0n) is 15.2. The molecule has 1 amide bonds. The molecule has 1 aromatic carbocycles. The second-order valence-electron chi connectivity index (χ2n) is 7.54. The summed E-state index contributed by atoms with van der Waals surface area (Å²) in [4.78, 5) is 13.0. The third kappa shape index (κ3) is 3.00. The van der Waals surface area contributed by atoms with Gasteiger partial charge in [0, 0.05) is 5.69 Å². The van der Waals surface area contributed by atoms with Gasteiger partial charge in [-0.25, -0.2) is 0 Å². The fourth-order valence-corrected chi connectivity index (χ4v) is 4.03. The minimum atomic E-state index is -5.12. The summed E-state index contributed by atoms with van der Waals surface area (Å²) < 4.78 is 63.4. The van der Waals surface area contributed by atoms with Gasteiger partial charge in [-0.1, -0.05) is 18.2 Å². The number of rotatable bonds is 3. The van der Waals surface area contributed by atoms with E-state index in [2.05, 4.69) is 0 Å². The normalized spacial score (nSPS) is 36.2. The van der Waals surface area contributed by atoms with Gasteiger partial charge in [0.05, 0.1) is 13.2 Å². The van der Waals surface area contributed by atoms with Crippen LogP contribution in [0.25, 0.3) is 0 Å². The molecule has 10 heteroatoms. The van der Waals surface area contributed by atoms with Crippen LogP contribution in [0.2, 0.25) is 0 Å². The molecule has 0 unspecified atom stereocenters. The molecule has 0 radical (unpaired) electrons. The van der Waals surface area contributed by atoms with Crippen molar-refractivity contribution < 1.29 is 42.0 Å². The number of fused-ring (bicyclic) bond motifs is 4. The minimum Gasteiger partial charge on any atom is -0.393 e. The highest BCUT2D eigenvalue weighted by atomic mass is 19.4. The molecule has 3 aliphatic heterocycles. The van der Waals surface area contributed by atoms with Crippen molar-refractivity contribution in [2.45, 2.75) is 56.0 Å². The lowest BCUT2D eigenvalue weighted by Gasteiger charge is -2.45. The van der Waals surface area contributed by atoms with Crippen LogP contribution in [0.5, 0.6) is 0 Å². The average molecular weight is 403 g/mol. The van der Waals surface area contributed by atoms with Crippen molar-refractivity contribution >= 4 is 11.6 Å². The maximum absolute atomic E-state index is 13.4. The van der Waals surface area contributed by atoms with Crippen molar-refractivity contribution in [2.75, 3.05) is 18.1 Å². The first-order chi connectivity index (χ1) is 13.1. The van der Waals surface area contributed by atoms with Crippen LogP contribution in [-0.4, -0.2) is 66.3 Å². The van der Waals surface area contributed by atoms with E-state index in [1.54, 1.807) is 19.9 Å². The lowest BCUT2D eigenvalue weighted by atomic mass is 9.87. The number of benzene rings is 1. The first-order valence-corrected chi connectivity index (χ1v) is 8.79. The molecular weight excluding hydrogens is 383 g/mol. The van der Waals surface area contributed by atoms with Crippen LogP contribution in [-0.2, 0) is 23.7 Å². The Morgan fingerprint density at radius 2 is 1.89 bits per heavy atom. The molecule has 154 valence electrons. The minimum absolute atomic E-state index is 0.0254. The Balaban J connectivity index is 1.81. The molecule has 7 nitrogen and oxygen atoms in total. The highest BCUT2D eigenvalue weighted by Gasteiger charge is 2.68. The summed E-state index contributed by atoms with van der Waals surface area (Å²) in [6, 6.07) is 6.20. The highest BCUT2D eigenvalue weighted by Crippen LogP contribution is 2.48. The SMILES string of the molecule is CC1(C)O[C@@H]2[C@@H](N(C(=O)C(F)(F)F)c3ccccc3)[C@H]3OC[C@](CO)(O3)[C@@H]2O1. The quantitative estimate of drug-likeness (QED) is 0.826. The van der Waals surface area contributed by atoms with Crippen molar-refractivity contribution in [3.8, 4) is 0 Å². The zero-order valence-corrected chi connectivity index (χ0v) is 15.2. The number of aliphatic hydroxyl groups excluding tert-OH is 1. The number of hydrogen-bond donors (Lipinski definition) is 1. The number of halogens is 3. The Bertz CT molecular complexity index is 757. The first-order valence-electron chi connectivity index (χ1n) is 8.79. The molecule has 0 spiro atoms. The van der Waals surface area contributed by atoms with E-state index in [1.165, 1.54) is 24.3 Å². The van der Waals surface area contributed by atoms with Gasteiger partial charge in [0.15, 0.2) is 12.1 Å². The summed E-state index contributed by atoms with van der Waals surface area (Å²) in [6.45, 7) is 2.67. The van der Waals surface area contributed by atoms with E-state index in [0.29, 0.717) is 4.90 Å². The third-order valence-corrected chi connectivity index (χ3v) is 5.17. The molecule has 1 aromatic rings. The van der Waals surface area contributed by atoms with E-state index >= 15 is 0 Å². The zero-order chi connectivity index (χ0) is 20.3. The molecule has 0 aromatic heterocycles. The third-order valence-electron chi connectivity index (χ3n) is 5.17. The van der Waals surface area contributed by atoms with Gasteiger partial charge >= 0.3 is 12.1 Å². The molecule has 1 N–H and O–H groups in total. The van der Waals surface area contributed by atoms with Crippen LogP contribution < -0.4 is 4.90 Å². The average Bonchev–Trinajstić information content (AvgIpc) is 3.18. The molecular formula is C18H20F3NO6. The highest BCUT2D eigenvalue weighted by molar-refractivity contribution is 5.98. The Morgan fingerprint density at radius 1 is 1.21 bits per heavy atom. The Labute approximate surface area is 158 Å². The number of nitrogens with zero attached hydrogens (tertiary/aromatic N) is 1. The van der Waals surface area contributed by atoms with E-state index in [4.69, 9.17) is 18.9 Å². The van der Waals surface area contributed by atoms with E-state index in [1.807, 2.05) is 0 Å². The van der Waals surface area contributed by atoms with E-state index in [0.717, 1.165) is 0 Å². The summed E-state index contributed by atoms with van der Waals surface area (Å²) in [5.41, 5.74) is -1.24. The van der Waals surface area contributed by atoms with Gasteiger partial charge in [0.1, 0.15) is 23.9 Å². The number of anilines is 1.